The SMILES string of the molecule is CN1CCCC[C@]2(C[C@H](C(=O)O)[C@H](c3ccco3)N2C(=O)c2ccc(F)cc2)C1=O. The van der Waals surface area contributed by atoms with Crippen LogP contribution in [0, 0.1) is 11.7 Å². The Morgan fingerprint density at radius 3 is 2.57 bits per heavy atom. The quantitative estimate of drug-likeness (QED) is 0.834. The van der Waals surface area contributed by atoms with Crippen molar-refractivity contribution in [1.29, 1.82) is 0 Å². The lowest BCUT2D eigenvalue weighted by atomic mass is 9.85. The van der Waals surface area contributed by atoms with E-state index in [4.69, 9.17) is 4.42 Å². The fourth-order valence-electron chi connectivity index (χ4n) is 4.82. The molecule has 1 aromatic heterocycles. The molecule has 158 valence electrons. The third-order valence-electron chi connectivity index (χ3n) is 6.22. The van der Waals surface area contributed by atoms with Gasteiger partial charge in [-0.1, -0.05) is 0 Å². The first-order valence-electron chi connectivity index (χ1n) is 9.96. The maximum Gasteiger partial charge on any atom is 0.309 e. The summed E-state index contributed by atoms with van der Waals surface area (Å²) in [6.07, 6.45) is 3.24. The van der Waals surface area contributed by atoms with Crippen molar-refractivity contribution >= 4 is 17.8 Å². The number of hydrogen-bond donors (Lipinski definition) is 1. The molecule has 2 fully saturated rings. The Hall–Kier alpha value is -3.16. The van der Waals surface area contributed by atoms with E-state index in [1.807, 2.05) is 0 Å². The minimum absolute atomic E-state index is 0.00378. The second-order valence-corrected chi connectivity index (χ2v) is 8.01. The Morgan fingerprint density at radius 1 is 1.20 bits per heavy atom. The van der Waals surface area contributed by atoms with E-state index in [-0.39, 0.29) is 17.9 Å². The number of likely N-dealkylation sites (tertiary alicyclic amines) is 2. The molecule has 4 rings (SSSR count). The van der Waals surface area contributed by atoms with Crippen LogP contribution in [0.2, 0.25) is 0 Å². The molecule has 30 heavy (non-hydrogen) atoms. The van der Waals surface area contributed by atoms with Gasteiger partial charge in [-0.2, -0.15) is 0 Å². The average Bonchev–Trinajstić information content (AvgIpc) is 3.34. The first-order valence-corrected chi connectivity index (χ1v) is 9.96. The number of furan rings is 1. The van der Waals surface area contributed by atoms with Crippen LogP contribution in [-0.2, 0) is 9.59 Å². The van der Waals surface area contributed by atoms with E-state index >= 15 is 0 Å². The van der Waals surface area contributed by atoms with E-state index in [9.17, 15) is 23.9 Å². The summed E-state index contributed by atoms with van der Waals surface area (Å²) in [4.78, 5) is 42.3. The van der Waals surface area contributed by atoms with Gasteiger partial charge in [0.25, 0.3) is 5.91 Å². The van der Waals surface area contributed by atoms with Gasteiger partial charge in [-0.3, -0.25) is 14.4 Å². The van der Waals surface area contributed by atoms with Gasteiger partial charge in [-0.15, -0.1) is 0 Å². The Bertz CT molecular complexity index is 958. The number of carboxylic acid groups (broad SMARTS) is 1. The van der Waals surface area contributed by atoms with Crippen LogP contribution >= 0.6 is 0 Å². The van der Waals surface area contributed by atoms with Crippen molar-refractivity contribution in [3.63, 3.8) is 0 Å². The largest absolute Gasteiger partial charge is 0.481 e. The van der Waals surface area contributed by atoms with Gasteiger partial charge >= 0.3 is 5.97 Å². The first-order chi connectivity index (χ1) is 14.3. The number of nitrogens with zero attached hydrogens (tertiary/aromatic N) is 2. The van der Waals surface area contributed by atoms with Crippen LogP contribution in [0.3, 0.4) is 0 Å². The first kappa shape index (κ1) is 20.1. The Labute approximate surface area is 173 Å². The molecular formula is C22H23FN2O5. The lowest BCUT2D eigenvalue weighted by Gasteiger charge is -2.40. The second kappa shape index (κ2) is 7.59. The molecule has 2 aromatic rings. The van der Waals surface area contributed by atoms with Gasteiger partial charge in [0.1, 0.15) is 23.2 Å². The summed E-state index contributed by atoms with van der Waals surface area (Å²) in [5, 5.41) is 9.97. The van der Waals surface area contributed by atoms with E-state index < -0.39 is 35.2 Å². The van der Waals surface area contributed by atoms with E-state index in [0.717, 1.165) is 6.42 Å². The predicted molar refractivity (Wildman–Crippen MR) is 104 cm³/mol. The summed E-state index contributed by atoms with van der Waals surface area (Å²) in [6.45, 7) is 0.544. The molecule has 0 aliphatic carbocycles. The predicted octanol–water partition coefficient (Wildman–Crippen LogP) is 3.09. The van der Waals surface area contributed by atoms with Crippen LogP contribution in [0.1, 0.15) is 47.8 Å². The molecule has 0 radical (unpaired) electrons. The number of halogens is 1. The molecule has 0 unspecified atom stereocenters. The van der Waals surface area contributed by atoms with Crippen LogP contribution in [0.15, 0.2) is 47.1 Å². The number of hydrogen-bond acceptors (Lipinski definition) is 4. The highest BCUT2D eigenvalue weighted by Gasteiger charge is 2.61. The van der Waals surface area contributed by atoms with Crippen LogP contribution in [-0.4, -0.2) is 51.8 Å². The van der Waals surface area contributed by atoms with Gasteiger partial charge in [-0.05, 0) is 62.1 Å². The van der Waals surface area contributed by atoms with Gasteiger partial charge in [0.2, 0.25) is 5.91 Å². The van der Waals surface area contributed by atoms with Crippen molar-refractivity contribution in [2.24, 2.45) is 5.92 Å². The van der Waals surface area contributed by atoms with Gasteiger partial charge in [0.15, 0.2) is 0 Å². The maximum absolute atomic E-state index is 13.7. The van der Waals surface area contributed by atoms with Gasteiger partial charge < -0.3 is 19.3 Å². The minimum atomic E-state index is -1.29. The number of rotatable bonds is 3. The van der Waals surface area contributed by atoms with Crippen molar-refractivity contribution in [1.82, 2.24) is 9.80 Å². The number of benzene rings is 1. The van der Waals surface area contributed by atoms with Gasteiger partial charge in [-0.25, -0.2) is 4.39 Å². The van der Waals surface area contributed by atoms with Crippen molar-refractivity contribution in [3.8, 4) is 0 Å². The number of carbonyl (C=O) groups is 3. The van der Waals surface area contributed by atoms with Crippen LogP contribution in [0.4, 0.5) is 4.39 Å². The topological polar surface area (TPSA) is 91.1 Å². The third kappa shape index (κ3) is 3.16. The zero-order valence-electron chi connectivity index (χ0n) is 16.6. The summed E-state index contributed by atoms with van der Waals surface area (Å²) in [7, 11) is 1.67. The molecule has 2 aliphatic heterocycles. The highest BCUT2D eigenvalue weighted by atomic mass is 19.1. The molecule has 1 spiro atoms. The molecule has 3 heterocycles. The fraction of sp³-hybridized carbons (Fsp3) is 0.409. The lowest BCUT2D eigenvalue weighted by molar-refractivity contribution is -0.142. The molecule has 2 aliphatic rings. The van der Waals surface area contributed by atoms with E-state index in [1.165, 1.54) is 35.4 Å². The van der Waals surface area contributed by atoms with Crippen molar-refractivity contribution in [3.05, 3.63) is 59.8 Å². The van der Waals surface area contributed by atoms with Crippen LogP contribution in [0.25, 0.3) is 0 Å². The Morgan fingerprint density at radius 2 is 1.93 bits per heavy atom. The summed E-state index contributed by atoms with van der Waals surface area (Å²) in [6, 6.07) is 7.36. The smallest absolute Gasteiger partial charge is 0.309 e. The summed E-state index contributed by atoms with van der Waals surface area (Å²) < 4.78 is 19.0. The Balaban J connectivity index is 1.89. The molecule has 3 atom stereocenters. The zero-order chi connectivity index (χ0) is 21.5. The molecular weight excluding hydrogens is 391 g/mol. The second-order valence-electron chi connectivity index (χ2n) is 8.01. The monoisotopic (exact) mass is 414 g/mol. The number of aliphatic carboxylic acids is 1. The fourth-order valence-corrected chi connectivity index (χ4v) is 4.82. The van der Waals surface area contributed by atoms with Gasteiger partial charge in [0, 0.05) is 19.2 Å². The standard InChI is InChI=1S/C22H23FN2O5/c1-24-11-3-2-10-22(21(24)29)13-16(20(27)28)18(17-5-4-12-30-17)25(22)19(26)14-6-8-15(23)9-7-14/h4-9,12,16,18H,2-3,10-11,13H2,1H3,(H,27,28)/t16-,18+,22-/m0/s1. The molecule has 8 heteroatoms. The Kier molecular flexibility index (Phi) is 5.09. The van der Waals surface area contributed by atoms with E-state index in [2.05, 4.69) is 0 Å². The van der Waals surface area contributed by atoms with E-state index in [0.29, 0.717) is 25.1 Å². The average molecular weight is 414 g/mol. The molecule has 2 amide bonds. The normalized spacial score (nSPS) is 26.8. The summed E-state index contributed by atoms with van der Waals surface area (Å²) >= 11 is 0. The van der Waals surface area contributed by atoms with Gasteiger partial charge in [0.05, 0.1) is 12.2 Å². The van der Waals surface area contributed by atoms with Crippen LogP contribution < -0.4 is 0 Å². The number of likely N-dealkylation sites (N-methyl/N-ethyl adjacent to an activating group) is 1. The highest BCUT2D eigenvalue weighted by molar-refractivity contribution is 6.01. The van der Waals surface area contributed by atoms with Crippen molar-refractivity contribution in [2.75, 3.05) is 13.6 Å². The molecule has 0 saturated carbocycles. The van der Waals surface area contributed by atoms with Crippen LogP contribution in [0.5, 0.6) is 0 Å². The maximum atomic E-state index is 13.7. The molecule has 0 bridgehead atoms. The number of amides is 2. The molecule has 1 aromatic carbocycles. The minimum Gasteiger partial charge on any atom is -0.481 e. The zero-order valence-corrected chi connectivity index (χ0v) is 16.6. The van der Waals surface area contributed by atoms with Crippen molar-refractivity contribution < 1.29 is 28.3 Å². The van der Waals surface area contributed by atoms with Crippen molar-refractivity contribution in [2.45, 2.75) is 37.3 Å². The van der Waals surface area contributed by atoms with E-state index in [1.54, 1.807) is 24.1 Å². The lowest BCUT2D eigenvalue weighted by Crippen LogP contribution is -2.57. The molecule has 7 nitrogen and oxygen atoms in total. The highest BCUT2D eigenvalue weighted by Crippen LogP contribution is 2.51. The molecule has 2 saturated heterocycles. The summed E-state index contributed by atoms with van der Waals surface area (Å²) in [5.74, 6) is -3.05. The number of carboxylic acids is 1. The third-order valence-corrected chi connectivity index (χ3v) is 6.22. The molecule has 1 N–H and O–H groups in total. The number of carbonyl (C=O) groups excluding carboxylic acids is 2. The summed E-state index contributed by atoms with van der Waals surface area (Å²) in [5.41, 5.74) is -1.10.